The standard InChI is InChI=1S/C14H13ClN2O2S2/c1-9-6-11-7-10(2-3-12(11)17-9)8-16-21(18,19)14-5-4-13(15)20-14/h2-7,16-17H,8H2,1H3. The van der Waals surface area contributed by atoms with Gasteiger partial charge in [0.25, 0.3) is 0 Å². The zero-order valence-corrected chi connectivity index (χ0v) is 13.6. The Morgan fingerprint density at radius 1 is 1.24 bits per heavy atom. The first-order chi connectivity index (χ1) is 9.94. The van der Waals surface area contributed by atoms with Gasteiger partial charge in [0.2, 0.25) is 10.0 Å². The van der Waals surface area contributed by atoms with Crippen LogP contribution in [0.5, 0.6) is 0 Å². The van der Waals surface area contributed by atoms with Crippen LogP contribution in [0.2, 0.25) is 4.34 Å². The van der Waals surface area contributed by atoms with E-state index < -0.39 is 10.0 Å². The van der Waals surface area contributed by atoms with Gasteiger partial charge in [0.15, 0.2) is 0 Å². The van der Waals surface area contributed by atoms with Crippen molar-refractivity contribution in [2.24, 2.45) is 0 Å². The summed E-state index contributed by atoms with van der Waals surface area (Å²) in [5, 5.41) is 1.07. The number of hydrogen-bond acceptors (Lipinski definition) is 3. The monoisotopic (exact) mass is 340 g/mol. The number of hydrogen-bond donors (Lipinski definition) is 2. The third kappa shape index (κ3) is 3.13. The number of aryl methyl sites for hydroxylation is 1. The molecule has 3 aromatic rings. The second-order valence-electron chi connectivity index (χ2n) is 4.76. The van der Waals surface area contributed by atoms with E-state index in [0.717, 1.165) is 33.5 Å². The van der Waals surface area contributed by atoms with E-state index in [1.165, 1.54) is 6.07 Å². The van der Waals surface area contributed by atoms with Crippen molar-refractivity contribution in [3.63, 3.8) is 0 Å². The summed E-state index contributed by atoms with van der Waals surface area (Å²) in [6.07, 6.45) is 0. The fourth-order valence-electron chi connectivity index (χ4n) is 2.13. The van der Waals surface area contributed by atoms with E-state index in [1.54, 1.807) is 6.07 Å². The van der Waals surface area contributed by atoms with Crippen LogP contribution in [-0.4, -0.2) is 13.4 Å². The predicted molar refractivity (Wildman–Crippen MR) is 86.4 cm³/mol. The summed E-state index contributed by atoms with van der Waals surface area (Å²) in [6.45, 7) is 2.24. The summed E-state index contributed by atoms with van der Waals surface area (Å²) in [4.78, 5) is 3.23. The second kappa shape index (κ2) is 5.46. The Hall–Kier alpha value is -1.34. The van der Waals surface area contributed by atoms with Crippen LogP contribution in [0.15, 0.2) is 40.6 Å². The third-order valence-electron chi connectivity index (χ3n) is 3.10. The summed E-state index contributed by atoms with van der Waals surface area (Å²) in [5.74, 6) is 0. The number of H-pyrrole nitrogens is 1. The van der Waals surface area contributed by atoms with Gasteiger partial charge >= 0.3 is 0 Å². The van der Waals surface area contributed by atoms with Gasteiger partial charge in [-0.3, -0.25) is 0 Å². The van der Waals surface area contributed by atoms with Gasteiger partial charge in [0.05, 0.1) is 4.34 Å². The molecule has 0 spiro atoms. The van der Waals surface area contributed by atoms with Crippen LogP contribution in [0, 0.1) is 6.92 Å². The predicted octanol–water partition coefficient (Wildman–Crippen LogP) is 3.67. The van der Waals surface area contributed by atoms with Gasteiger partial charge in [-0.25, -0.2) is 13.1 Å². The summed E-state index contributed by atoms with van der Waals surface area (Å²) in [5.41, 5.74) is 3.04. The van der Waals surface area contributed by atoms with Crippen LogP contribution >= 0.6 is 22.9 Å². The van der Waals surface area contributed by atoms with E-state index in [9.17, 15) is 8.42 Å². The quantitative estimate of drug-likeness (QED) is 0.761. The Morgan fingerprint density at radius 3 is 2.76 bits per heavy atom. The molecule has 0 saturated heterocycles. The molecule has 4 nitrogen and oxygen atoms in total. The number of aromatic amines is 1. The average molecular weight is 341 g/mol. The first kappa shape index (κ1) is 14.6. The van der Waals surface area contributed by atoms with Crippen molar-refractivity contribution in [2.45, 2.75) is 17.7 Å². The highest BCUT2D eigenvalue weighted by Crippen LogP contribution is 2.25. The molecule has 0 aliphatic carbocycles. The number of fused-ring (bicyclic) bond motifs is 1. The van der Waals surface area contributed by atoms with E-state index >= 15 is 0 Å². The highest BCUT2D eigenvalue weighted by atomic mass is 35.5. The number of nitrogens with one attached hydrogen (secondary N) is 2. The summed E-state index contributed by atoms with van der Waals surface area (Å²) >= 11 is 6.82. The van der Waals surface area contributed by atoms with Crippen LogP contribution in [0.25, 0.3) is 10.9 Å². The Bertz CT molecular complexity index is 897. The number of halogens is 1. The van der Waals surface area contributed by atoms with Gasteiger partial charge in [-0.15, -0.1) is 11.3 Å². The van der Waals surface area contributed by atoms with Gasteiger partial charge in [-0.05, 0) is 48.2 Å². The Morgan fingerprint density at radius 2 is 2.05 bits per heavy atom. The number of thiophene rings is 1. The smallest absolute Gasteiger partial charge is 0.250 e. The van der Waals surface area contributed by atoms with Gasteiger partial charge in [-0.1, -0.05) is 17.7 Å². The highest BCUT2D eigenvalue weighted by molar-refractivity contribution is 7.91. The zero-order chi connectivity index (χ0) is 15.0. The molecule has 2 aromatic heterocycles. The molecule has 0 unspecified atom stereocenters. The fraction of sp³-hybridized carbons (Fsp3) is 0.143. The maximum absolute atomic E-state index is 12.1. The SMILES string of the molecule is Cc1cc2cc(CNS(=O)(=O)c3ccc(Cl)s3)ccc2[nH]1. The lowest BCUT2D eigenvalue weighted by molar-refractivity contribution is 0.583. The summed E-state index contributed by atoms with van der Waals surface area (Å²) in [6, 6.07) is 11.0. The first-order valence-corrected chi connectivity index (χ1v) is 8.95. The number of benzene rings is 1. The molecular weight excluding hydrogens is 328 g/mol. The lowest BCUT2D eigenvalue weighted by atomic mass is 10.1. The largest absolute Gasteiger partial charge is 0.359 e. The number of sulfonamides is 1. The molecule has 0 bridgehead atoms. The molecule has 0 fully saturated rings. The lowest BCUT2D eigenvalue weighted by Crippen LogP contribution is -2.22. The van der Waals surface area contributed by atoms with Crippen LogP contribution in [0.3, 0.4) is 0 Å². The molecule has 110 valence electrons. The molecule has 0 saturated carbocycles. The summed E-state index contributed by atoms with van der Waals surface area (Å²) in [7, 11) is -3.51. The van der Waals surface area contributed by atoms with Crippen molar-refractivity contribution in [1.29, 1.82) is 0 Å². The minimum Gasteiger partial charge on any atom is -0.359 e. The van der Waals surface area contributed by atoms with Crippen molar-refractivity contribution in [3.8, 4) is 0 Å². The van der Waals surface area contributed by atoms with Crippen LogP contribution in [-0.2, 0) is 16.6 Å². The van der Waals surface area contributed by atoms with Crippen LogP contribution < -0.4 is 4.72 Å². The normalized spacial score (nSPS) is 12.1. The van der Waals surface area contributed by atoms with Crippen LogP contribution in [0.4, 0.5) is 0 Å². The topological polar surface area (TPSA) is 62.0 Å². The minimum atomic E-state index is -3.51. The van der Waals surface area contributed by atoms with Gasteiger partial charge in [0.1, 0.15) is 4.21 Å². The molecule has 0 amide bonds. The molecule has 0 aliphatic heterocycles. The van der Waals surface area contributed by atoms with Gasteiger partial charge in [-0.2, -0.15) is 0 Å². The Kier molecular flexibility index (Phi) is 3.79. The number of aromatic nitrogens is 1. The fourth-order valence-corrected chi connectivity index (χ4v) is 4.67. The van der Waals surface area contributed by atoms with Crippen molar-refractivity contribution in [1.82, 2.24) is 9.71 Å². The van der Waals surface area contributed by atoms with E-state index in [1.807, 2.05) is 31.2 Å². The molecule has 0 aliphatic rings. The molecular formula is C14H13ClN2O2S2. The van der Waals surface area contributed by atoms with Crippen molar-refractivity contribution < 1.29 is 8.42 Å². The Balaban J connectivity index is 1.79. The lowest BCUT2D eigenvalue weighted by Gasteiger charge is -2.05. The average Bonchev–Trinajstić information content (AvgIpc) is 3.01. The zero-order valence-electron chi connectivity index (χ0n) is 11.2. The first-order valence-electron chi connectivity index (χ1n) is 6.27. The maximum Gasteiger partial charge on any atom is 0.250 e. The van der Waals surface area contributed by atoms with Crippen molar-refractivity contribution >= 4 is 43.9 Å². The third-order valence-corrected chi connectivity index (χ3v) is 6.22. The number of rotatable bonds is 4. The van der Waals surface area contributed by atoms with E-state index in [4.69, 9.17) is 11.6 Å². The van der Waals surface area contributed by atoms with Gasteiger partial charge < -0.3 is 4.98 Å². The Labute approximate surface area is 131 Å². The second-order valence-corrected chi connectivity index (χ2v) is 8.47. The summed E-state index contributed by atoms with van der Waals surface area (Å²) < 4.78 is 27.5. The van der Waals surface area contributed by atoms with Crippen molar-refractivity contribution in [3.05, 3.63) is 52.0 Å². The van der Waals surface area contributed by atoms with E-state index in [-0.39, 0.29) is 10.8 Å². The van der Waals surface area contributed by atoms with Gasteiger partial charge in [0, 0.05) is 17.8 Å². The molecule has 3 rings (SSSR count). The highest BCUT2D eigenvalue weighted by Gasteiger charge is 2.16. The molecule has 2 N–H and O–H groups in total. The molecule has 21 heavy (non-hydrogen) atoms. The van der Waals surface area contributed by atoms with Crippen molar-refractivity contribution in [2.75, 3.05) is 0 Å². The minimum absolute atomic E-state index is 0.228. The molecule has 0 radical (unpaired) electrons. The van der Waals surface area contributed by atoms with E-state index in [2.05, 4.69) is 9.71 Å². The maximum atomic E-state index is 12.1. The van der Waals surface area contributed by atoms with Crippen LogP contribution in [0.1, 0.15) is 11.3 Å². The molecule has 7 heteroatoms. The molecule has 0 atom stereocenters. The van der Waals surface area contributed by atoms with E-state index in [0.29, 0.717) is 4.34 Å². The molecule has 2 heterocycles. The molecule has 1 aromatic carbocycles.